The van der Waals surface area contributed by atoms with Gasteiger partial charge in [-0.25, -0.2) is 0 Å². The predicted octanol–water partition coefficient (Wildman–Crippen LogP) is 3.44. The van der Waals surface area contributed by atoms with Gasteiger partial charge >= 0.3 is 0 Å². The van der Waals surface area contributed by atoms with Crippen LogP contribution in [0.2, 0.25) is 0 Å². The van der Waals surface area contributed by atoms with E-state index in [0.717, 1.165) is 58.4 Å². The third-order valence-corrected chi connectivity index (χ3v) is 6.06. The lowest BCUT2D eigenvalue weighted by Crippen LogP contribution is -2.43. The molecule has 1 N–H and O–H groups in total. The van der Waals surface area contributed by atoms with Gasteiger partial charge in [-0.2, -0.15) is 0 Å². The molecule has 0 aliphatic carbocycles. The second-order valence-electron chi connectivity index (χ2n) is 7.71. The van der Waals surface area contributed by atoms with Gasteiger partial charge in [0.05, 0.1) is 25.8 Å². The molecule has 5 nitrogen and oxygen atoms in total. The van der Waals surface area contributed by atoms with Gasteiger partial charge in [0.2, 0.25) is 0 Å². The summed E-state index contributed by atoms with van der Waals surface area (Å²) in [5.41, 5.74) is 0.382. The highest BCUT2D eigenvalue weighted by Crippen LogP contribution is 2.29. The highest BCUT2D eigenvalue weighted by atomic mass is 127. The molecule has 0 saturated carbocycles. The number of rotatable bonds is 5. The average Bonchev–Trinajstić information content (AvgIpc) is 3.25. The number of guanidine groups is 1. The largest absolute Gasteiger partial charge is 0.379 e. The summed E-state index contributed by atoms with van der Waals surface area (Å²) in [5.74, 6) is 1.07. The molecule has 1 atom stereocenters. The molecule has 2 aliphatic rings. The lowest BCUT2D eigenvalue weighted by molar-refractivity contribution is 0.0186. The summed E-state index contributed by atoms with van der Waals surface area (Å²) in [6.45, 7) is 14.4. The molecule has 2 fully saturated rings. The summed E-state index contributed by atoms with van der Waals surface area (Å²) in [6.07, 6.45) is 1.23. The smallest absolute Gasteiger partial charge is 0.194 e. The van der Waals surface area contributed by atoms with Gasteiger partial charge in [0, 0.05) is 37.6 Å². The van der Waals surface area contributed by atoms with Crippen LogP contribution in [0.25, 0.3) is 0 Å². The van der Waals surface area contributed by atoms with Crippen LogP contribution in [0, 0.1) is 5.41 Å². The van der Waals surface area contributed by atoms with Crippen LogP contribution in [-0.4, -0.2) is 68.2 Å². The third-order valence-electron chi connectivity index (χ3n) is 5.08. The molecule has 0 amide bonds. The van der Waals surface area contributed by atoms with E-state index in [2.05, 4.69) is 53.4 Å². The lowest BCUT2D eigenvalue weighted by Gasteiger charge is -2.33. The van der Waals surface area contributed by atoms with Gasteiger partial charge in [-0.1, -0.05) is 19.9 Å². The average molecular weight is 492 g/mol. The number of hydrogen-bond acceptors (Lipinski definition) is 4. The highest BCUT2D eigenvalue weighted by molar-refractivity contribution is 14.0. The molecule has 1 unspecified atom stereocenters. The first kappa shape index (κ1) is 21.9. The normalized spacial score (nSPS) is 22.1. The van der Waals surface area contributed by atoms with Crippen LogP contribution < -0.4 is 5.32 Å². The number of thiophene rings is 1. The Labute approximate surface area is 179 Å². The van der Waals surface area contributed by atoms with E-state index in [4.69, 9.17) is 9.73 Å². The monoisotopic (exact) mass is 492 g/mol. The molecule has 1 aromatic heterocycles. The fraction of sp³-hybridized carbons (Fsp3) is 0.737. The minimum atomic E-state index is 0. The number of hydrogen-bond donors (Lipinski definition) is 1. The fourth-order valence-electron chi connectivity index (χ4n) is 3.65. The van der Waals surface area contributed by atoms with Crippen LogP contribution >= 0.6 is 35.3 Å². The molecule has 7 heteroatoms. The molecule has 1 aromatic rings. The molecule has 3 rings (SSSR count). The Kier molecular flexibility index (Phi) is 8.63. The van der Waals surface area contributed by atoms with Gasteiger partial charge < -0.3 is 15.0 Å². The van der Waals surface area contributed by atoms with Crippen LogP contribution in [0.15, 0.2) is 22.5 Å². The number of halogens is 1. The Balaban J connectivity index is 0.00000243. The number of likely N-dealkylation sites (tertiary alicyclic amines) is 1. The van der Waals surface area contributed by atoms with Crippen molar-refractivity contribution in [2.75, 3.05) is 52.5 Å². The topological polar surface area (TPSA) is 40.1 Å². The summed E-state index contributed by atoms with van der Waals surface area (Å²) >= 11 is 1.84. The standard InChI is InChI=1S/C19H32N4OS.HI/c1-4-20-18(23-8-7-19(2,3)15-23)21-14-16(17-6-5-13-25-17)22-9-11-24-12-10-22;/h5-6,13,16H,4,7-12,14-15H2,1-3H3,(H,20,21);1H. The van der Waals surface area contributed by atoms with E-state index in [1.165, 1.54) is 11.3 Å². The van der Waals surface area contributed by atoms with Crippen LogP contribution in [0.3, 0.4) is 0 Å². The molecule has 0 bridgehead atoms. The van der Waals surface area contributed by atoms with E-state index in [1.807, 2.05) is 11.3 Å². The molecule has 2 saturated heterocycles. The van der Waals surface area contributed by atoms with E-state index < -0.39 is 0 Å². The van der Waals surface area contributed by atoms with E-state index in [1.54, 1.807) is 0 Å². The molecule has 3 heterocycles. The first-order chi connectivity index (χ1) is 12.1. The zero-order chi connectivity index (χ0) is 17.7. The predicted molar refractivity (Wildman–Crippen MR) is 121 cm³/mol. The molecule has 2 aliphatic heterocycles. The van der Waals surface area contributed by atoms with Crippen LogP contribution in [0.1, 0.15) is 38.1 Å². The first-order valence-electron chi connectivity index (χ1n) is 9.47. The Morgan fingerprint density at radius 2 is 2.12 bits per heavy atom. The zero-order valence-electron chi connectivity index (χ0n) is 16.2. The van der Waals surface area contributed by atoms with Crippen molar-refractivity contribution >= 4 is 41.3 Å². The van der Waals surface area contributed by atoms with Crippen molar-refractivity contribution in [1.29, 1.82) is 0 Å². The van der Waals surface area contributed by atoms with Crippen LogP contribution in [0.5, 0.6) is 0 Å². The van der Waals surface area contributed by atoms with Crippen molar-refractivity contribution in [2.45, 2.75) is 33.2 Å². The molecule has 0 aromatic carbocycles. The minimum absolute atomic E-state index is 0. The number of morpholine rings is 1. The van der Waals surface area contributed by atoms with Gasteiger partial charge in [0.15, 0.2) is 5.96 Å². The lowest BCUT2D eigenvalue weighted by atomic mass is 9.93. The summed E-state index contributed by atoms with van der Waals surface area (Å²) in [7, 11) is 0. The maximum absolute atomic E-state index is 5.54. The second kappa shape index (κ2) is 10.2. The number of aliphatic imine (C=N–C) groups is 1. The number of nitrogens with zero attached hydrogens (tertiary/aromatic N) is 3. The summed E-state index contributed by atoms with van der Waals surface area (Å²) in [5, 5.41) is 5.67. The van der Waals surface area contributed by atoms with Crippen LogP contribution in [0.4, 0.5) is 0 Å². The fourth-order valence-corrected chi connectivity index (χ4v) is 4.50. The number of ether oxygens (including phenoxy) is 1. The zero-order valence-corrected chi connectivity index (χ0v) is 19.4. The molecule has 0 radical (unpaired) electrons. The van der Waals surface area contributed by atoms with Crippen LogP contribution in [-0.2, 0) is 4.74 Å². The van der Waals surface area contributed by atoms with Crippen molar-refractivity contribution in [3.8, 4) is 0 Å². The van der Waals surface area contributed by atoms with Gasteiger partial charge in [-0.15, -0.1) is 35.3 Å². The minimum Gasteiger partial charge on any atom is -0.379 e. The summed E-state index contributed by atoms with van der Waals surface area (Å²) in [4.78, 5) is 11.4. The van der Waals surface area contributed by atoms with Gasteiger partial charge in [-0.3, -0.25) is 9.89 Å². The Hall–Kier alpha value is -0.380. The van der Waals surface area contributed by atoms with Gasteiger partial charge in [0.25, 0.3) is 0 Å². The van der Waals surface area contributed by atoms with E-state index >= 15 is 0 Å². The molecular weight excluding hydrogens is 459 g/mol. The maximum Gasteiger partial charge on any atom is 0.194 e. The van der Waals surface area contributed by atoms with E-state index in [9.17, 15) is 0 Å². The SMILES string of the molecule is CCNC(=NCC(c1cccs1)N1CCOCC1)N1CCC(C)(C)C1.I. The maximum atomic E-state index is 5.54. The highest BCUT2D eigenvalue weighted by Gasteiger charge is 2.31. The van der Waals surface area contributed by atoms with E-state index in [0.29, 0.717) is 11.5 Å². The second-order valence-corrected chi connectivity index (χ2v) is 8.69. The van der Waals surface area contributed by atoms with E-state index in [-0.39, 0.29) is 24.0 Å². The van der Waals surface area contributed by atoms with Gasteiger partial charge in [0.1, 0.15) is 0 Å². The number of nitrogens with one attached hydrogen (secondary N) is 1. The summed E-state index contributed by atoms with van der Waals surface area (Å²) < 4.78 is 5.54. The van der Waals surface area contributed by atoms with Crippen molar-refractivity contribution in [3.63, 3.8) is 0 Å². The first-order valence-corrected chi connectivity index (χ1v) is 10.4. The quantitative estimate of drug-likeness (QED) is 0.389. The molecule has 148 valence electrons. The van der Waals surface area contributed by atoms with Crippen molar-refractivity contribution in [2.24, 2.45) is 10.4 Å². The molecular formula is C19H33IN4OS. The van der Waals surface area contributed by atoms with Crippen molar-refractivity contribution in [3.05, 3.63) is 22.4 Å². The van der Waals surface area contributed by atoms with Crippen molar-refractivity contribution in [1.82, 2.24) is 15.1 Å². The Morgan fingerprint density at radius 3 is 2.69 bits per heavy atom. The van der Waals surface area contributed by atoms with Crippen molar-refractivity contribution < 1.29 is 4.74 Å². The third kappa shape index (κ3) is 5.81. The molecule has 26 heavy (non-hydrogen) atoms. The Morgan fingerprint density at radius 1 is 1.35 bits per heavy atom. The summed E-state index contributed by atoms with van der Waals surface area (Å²) in [6, 6.07) is 4.74. The Bertz CT molecular complexity index is 558. The van der Waals surface area contributed by atoms with Gasteiger partial charge in [-0.05, 0) is 30.2 Å². The molecule has 0 spiro atoms.